The van der Waals surface area contributed by atoms with Gasteiger partial charge in [-0.25, -0.2) is 0 Å². The lowest BCUT2D eigenvalue weighted by Gasteiger charge is -2.40. The number of nitrogens with zero attached hydrogens (tertiary/aromatic N) is 2. The van der Waals surface area contributed by atoms with Crippen LogP contribution in [0.15, 0.2) is 4.99 Å². The molecule has 1 saturated carbocycles. The summed E-state index contributed by atoms with van der Waals surface area (Å²) in [5, 5.41) is 0. The van der Waals surface area contributed by atoms with Crippen molar-refractivity contribution in [2.75, 3.05) is 6.54 Å². The Hall–Kier alpha value is -0.730. The molecule has 0 bridgehead atoms. The van der Waals surface area contributed by atoms with Gasteiger partial charge < -0.3 is 10.6 Å². The molecule has 3 heteroatoms. The van der Waals surface area contributed by atoms with Crippen molar-refractivity contribution < 1.29 is 0 Å². The summed E-state index contributed by atoms with van der Waals surface area (Å²) in [6, 6.07) is 0.690. The highest BCUT2D eigenvalue weighted by Crippen LogP contribution is 2.41. The molecule has 1 fully saturated rings. The van der Waals surface area contributed by atoms with Gasteiger partial charge in [-0.3, -0.25) is 4.99 Å². The van der Waals surface area contributed by atoms with E-state index in [4.69, 9.17) is 5.73 Å². The first-order chi connectivity index (χ1) is 7.63. The highest BCUT2D eigenvalue weighted by Gasteiger charge is 2.47. The molecule has 2 aliphatic rings. The monoisotopic (exact) mass is 223 g/mol. The maximum atomic E-state index is 6.06. The minimum absolute atomic E-state index is 0.237. The highest BCUT2D eigenvalue weighted by atomic mass is 15.4. The van der Waals surface area contributed by atoms with Crippen LogP contribution in [0.2, 0.25) is 0 Å². The van der Waals surface area contributed by atoms with Gasteiger partial charge in [-0.2, -0.15) is 0 Å². The average Bonchev–Trinajstić information content (AvgIpc) is 3.05. The second kappa shape index (κ2) is 4.27. The van der Waals surface area contributed by atoms with Gasteiger partial charge in [0.15, 0.2) is 5.96 Å². The first-order valence-corrected chi connectivity index (χ1v) is 6.72. The summed E-state index contributed by atoms with van der Waals surface area (Å²) in [6.45, 7) is 7.81. The van der Waals surface area contributed by atoms with E-state index in [0.717, 1.165) is 24.8 Å². The van der Waals surface area contributed by atoms with Gasteiger partial charge in [-0.15, -0.1) is 0 Å². The third-order valence-electron chi connectivity index (χ3n) is 4.29. The predicted molar refractivity (Wildman–Crippen MR) is 68.4 cm³/mol. The van der Waals surface area contributed by atoms with Gasteiger partial charge in [0.2, 0.25) is 0 Å². The van der Waals surface area contributed by atoms with Crippen molar-refractivity contribution in [3.63, 3.8) is 0 Å². The molecule has 0 amide bonds. The molecule has 3 nitrogen and oxygen atoms in total. The van der Waals surface area contributed by atoms with E-state index in [1.54, 1.807) is 0 Å². The number of aliphatic imine (C=N–C) groups is 1. The Morgan fingerprint density at radius 2 is 2.19 bits per heavy atom. The SMILES string of the molecule is CCC(C)CC1(CC)CN=C(N)N1C1CC1. The van der Waals surface area contributed by atoms with Crippen LogP contribution in [0.25, 0.3) is 0 Å². The fourth-order valence-electron chi connectivity index (χ4n) is 2.91. The second-order valence-corrected chi connectivity index (χ2v) is 5.57. The molecule has 2 unspecified atom stereocenters. The summed E-state index contributed by atoms with van der Waals surface area (Å²) in [5.41, 5.74) is 6.30. The number of guanidine groups is 1. The van der Waals surface area contributed by atoms with Crippen LogP contribution in [0, 0.1) is 5.92 Å². The molecular formula is C13H25N3. The maximum Gasteiger partial charge on any atom is 0.192 e. The Balaban J connectivity index is 2.13. The Bertz CT molecular complexity index is 283. The van der Waals surface area contributed by atoms with Gasteiger partial charge in [-0.05, 0) is 31.6 Å². The molecule has 2 rings (SSSR count). The van der Waals surface area contributed by atoms with E-state index in [2.05, 4.69) is 30.7 Å². The van der Waals surface area contributed by atoms with Gasteiger partial charge in [0, 0.05) is 6.04 Å². The lowest BCUT2D eigenvalue weighted by Crippen LogP contribution is -2.53. The van der Waals surface area contributed by atoms with Crippen molar-refractivity contribution in [3.05, 3.63) is 0 Å². The Morgan fingerprint density at radius 1 is 1.50 bits per heavy atom. The fraction of sp³-hybridized carbons (Fsp3) is 0.923. The summed E-state index contributed by atoms with van der Waals surface area (Å²) in [6.07, 6.45) is 6.26. The van der Waals surface area contributed by atoms with E-state index in [1.165, 1.54) is 25.7 Å². The first kappa shape index (κ1) is 11.7. The minimum Gasteiger partial charge on any atom is -0.370 e. The van der Waals surface area contributed by atoms with Crippen molar-refractivity contribution in [1.29, 1.82) is 0 Å². The van der Waals surface area contributed by atoms with E-state index >= 15 is 0 Å². The lowest BCUT2D eigenvalue weighted by atomic mass is 9.83. The van der Waals surface area contributed by atoms with Crippen molar-refractivity contribution >= 4 is 5.96 Å². The van der Waals surface area contributed by atoms with Gasteiger partial charge in [0.25, 0.3) is 0 Å². The molecule has 2 atom stereocenters. The summed E-state index contributed by atoms with van der Waals surface area (Å²) in [4.78, 5) is 6.95. The molecule has 0 radical (unpaired) electrons. The van der Waals surface area contributed by atoms with Crippen LogP contribution in [0.4, 0.5) is 0 Å². The second-order valence-electron chi connectivity index (χ2n) is 5.57. The largest absolute Gasteiger partial charge is 0.370 e. The van der Waals surface area contributed by atoms with Gasteiger partial charge in [0.1, 0.15) is 0 Å². The van der Waals surface area contributed by atoms with Crippen molar-refractivity contribution in [1.82, 2.24) is 4.90 Å². The Labute approximate surface area is 99.1 Å². The Kier molecular flexibility index (Phi) is 3.13. The van der Waals surface area contributed by atoms with Crippen LogP contribution in [-0.4, -0.2) is 29.0 Å². The fourth-order valence-corrected chi connectivity index (χ4v) is 2.91. The summed E-state index contributed by atoms with van der Waals surface area (Å²) >= 11 is 0. The summed E-state index contributed by atoms with van der Waals surface area (Å²) in [7, 11) is 0. The summed E-state index contributed by atoms with van der Waals surface area (Å²) < 4.78 is 0. The molecule has 0 aromatic heterocycles. The number of hydrogen-bond donors (Lipinski definition) is 1. The van der Waals surface area contributed by atoms with Gasteiger partial charge in [-0.1, -0.05) is 27.2 Å². The molecule has 0 spiro atoms. The van der Waals surface area contributed by atoms with Crippen LogP contribution in [0.1, 0.15) is 52.9 Å². The molecule has 1 aliphatic heterocycles. The van der Waals surface area contributed by atoms with E-state index in [0.29, 0.717) is 6.04 Å². The van der Waals surface area contributed by atoms with Crippen molar-refractivity contribution in [2.24, 2.45) is 16.6 Å². The Morgan fingerprint density at radius 3 is 2.69 bits per heavy atom. The zero-order valence-electron chi connectivity index (χ0n) is 10.9. The van der Waals surface area contributed by atoms with Crippen molar-refractivity contribution in [3.8, 4) is 0 Å². The smallest absolute Gasteiger partial charge is 0.192 e. The lowest BCUT2D eigenvalue weighted by molar-refractivity contribution is 0.147. The van der Waals surface area contributed by atoms with E-state index in [-0.39, 0.29) is 5.54 Å². The first-order valence-electron chi connectivity index (χ1n) is 6.72. The van der Waals surface area contributed by atoms with Crippen LogP contribution < -0.4 is 5.73 Å². The normalized spacial score (nSPS) is 31.7. The highest BCUT2D eigenvalue weighted by molar-refractivity contribution is 5.81. The molecule has 0 saturated heterocycles. The van der Waals surface area contributed by atoms with Crippen LogP contribution in [0.3, 0.4) is 0 Å². The van der Waals surface area contributed by atoms with Crippen molar-refractivity contribution in [2.45, 2.75) is 64.5 Å². The number of nitrogens with two attached hydrogens (primary N) is 1. The molecule has 92 valence electrons. The predicted octanol–water partition coefficient (Wildman–Crippen LogP) is 2.36. The molecule has 16 heavy (non-hydrogen) atoms. The molecule has 2 N–H and O–H groups in total. The number of rotatable bonds is 5. The van der Waals surface area contributed by atoms with Crippen LogP contribution >= 0.6 is 0 Å². The van der Waals surface area contributed by atoms with E-state index < -0.39 is 0 Å². The van der Waals surface area contributed by atoms with E-state index in [1.807, 2.05) is 0 Å². The van der Waals surface area contributed by atoms with Crippen LogP contribution in [0.5, 0.6) is 0 Å². The molecular weight excluding hydrogens is 198 g/mol. The summed E-state index contributed by atoms with van der Waals surface area (Å²) in [5.74, 6) is 1.56. The zero-order valence-corrected chi connectivity index (χ0v) is 10.9. The molecule has 1 aliphatic carbocycles. The standard InChI is InChI=1S/C13H25N3/c1-4-10(3)8-13(5-2)9-15-12(14)16(13)11-6-7-11/h10-11H,4-9H2,1-3H3,(H2,14,15). The average molecular weight is 223 g/mol. The molecule has 0 aromatic carbocycles. The van der Waals surface area contributed by atoms with E-state index in [9.17, 15) is 0 Å². The number of hydrogen-bond acceptors (Lipinski definition) is 3. The quantitative estimate of drug-likeness (QED) is 0.777. The topological polar surface area (TPSA) is 41.6 Å². The minimum atomic E-state index is 0.237. The van der Waals surface area contributed by atoms with Crippen LogP contribution in [-0.2, 0) is 0 Å². The van der Waals surface area contributed by atoms with Gasteiger partial charge in [0.05, 0.1) is 12.1 Å². The molecule has 0 aromatic rings. The third-order valence-corrected chi connectivity index (χ3v) is 4.29. The zero-order chi connectivity index (χ0) is 11.8. The maximum absolute atomic E-state index is 6.06. The third kappa shape index (κ3) is 1.92. The molecule has 1 heterocycles. The van der Waals surface area contributed by atoms with Gasteiger partial charge >= 0.3 is 0 Å².